The second-order valence-electron chi connectivity index (χ2n) is 6.08. The maximum atomic E-state index is 12.1. The van der Waals surface area contributed by atoms with Crippen LogP contribution in [-0.4, -0.2) is 26.6 Å². The largest absolute Gasteiger partial charge is 0.331 e. The Kier molecular flexibility index (Phi) is 5.44. The molecule has 7 heteroatoms. The minimum atomic E-state index is -0.0620. The first-order valence-corrected chi connectivity index (χ1v) is 9.75. The van der Waals surface area contributed by atoms with Crippen molar-refractivity contribution in [1.82, 2.24) is 15.0 Å². The van der Waals surface area contributed by atoms with Crippen LogP contribution in [0.2, 0.25) is 0 Å². The molecule has 1 aromatic carbocycles. The number of anilines is 1. The number of hydrogen-bond acceptors (Lipinski definition) is 4. The average molecular weight is 419 g/mol. The normalized spacial score (nSPS) is 11.2. The Bertz CT molecular complexity index is 866. The van der Waals surface area contributed by atoms with Crippen LogP contribution < -0.4 is 5.32 Å². The van der Waals surface area contributed by atoms with E-state index < -0.39 is 0 Å². The van der Waals surface area contributed by atoms with Crippen molar-refractivity contribution < 1.29 is 4.79 Å². The summed E-state index contributed by atoms with van der Waals surface area (Å²) >= 11 is 4.82. The van der Waals surface area contributed by atoms with Crippen LogP contribution in [-0.2, 0) is 4.79 Å². The summed E-state index contributed by atoms with van der Waals surface area (Å²) in [7, 11) is 0. The van der Waals surface area contributed by atoms with Gasteiger partial charge in [0.1, 0.15) is 0 Å². The first kappa shape index (κ1) is 17.9. The molecule has 2 aromatic heterocycles. The van der Waals surface area contributed by atoms with Gasteiger partial charge in [-0.15, -0.1) is 0 Å². The van der Waals surface area contributed by atoms with Gasteiger partial charge in [0, 0.05) is 10.2 Å². The predicted molar refractivity (Wildman–Crippen MR) is 106 cm³/mol. The number of H-pyrrole nitrogens is 1. The highest BCUT2D eigenvalue weighted by Gasteiger charge is 2.10. The Hall–Kier alpha value is -1.86. The fourth-order valence-corrected chi connectivity index (χ4v) is 3.33. The molecule has 0 aliphatic heterocycles. The topological polar surface area (TPSA) is 70.7 Å². The Morgan fingerprint density at radius 3 is 2.68 bits per heavy atom. The molecule has 0 spiro atoms. The van der Waals surface area contributed by atoms with Crippen molar-refractivity contribution in [3.8, 4) is 0 Å². The number of benzene rings is 1. The highest BCUT2D eigenvalue weighted by Crippen LogP contribution is 2.23. The van der Waals surface area contributed by atoms with Crippen molar-refractivity contribution in [2.24, 2.45) is 0 Å². The van der Waals surface area contributed by atoms with Crippen LogP contribution in [0.3, 0.4) is 0 Å². The summed E-state index contributed by atoms with van der Waals surface area (Å²) in [4.78, 5) is 24.1. The van der Waals surface area contributed by atoms with Crippen LogP contribution in [0.15, 0.2) is 40.0 Å². The molecule has 0 saturated carbocycles. The van der Waals surface area contributed by atoms with Crippen molar-refractivity contribution in [3.05, 3.63) is 46.1 Å². The molecule has 1 amide bonds. The minimum Gasteiger partial charge on any atom is -0.331 e. The van der Waals surface area contributed by atoms with Crippen molar-refractivity contribution in [3.63, 3.8) is 0 Å². The molecule has 0 bridgehead atoms. The van der Waals surface area contributed by atoms with Crippen LogP contribution in [0.1, 0.15) is 31.0 Å². The number of rotatable bonds is 5. The number of nitrogens with zero attached hydrogens (tertiary/aromatic N) is 2. The lowest BCUT2D eigenvalue weighted by Gasteiger charge is -2.08. The van der Waals surface area contributed by atoms with Gasteiger partial charge in [-0.3, -0.25) is 4.79 Å². The van der Waals surface area contributed by atoms with E-state index in [1.165, 1.54) is 17.3 Å². The van der Waals surface area contributed by atoms with E-state index in [2.05, 4.69) is 50.0 Å². The van der Waals surface area contributed by atoms with Crippen molar-refractivity contribution in [1.29, 1.82) is 0 Å². The number of fused-ring (bicyclic) bond motifs is 1. The number of aromatic nitrogens is 3. The first-order valence-electron chi connectivity index (χ1n) is 7.98. The highest BCUT2D eigenvalue weighted by molar-refractivity contribution is 9.10. The van der Waals surface area contributed by atoms with Crippen LogP contribution in [0.5, 0.6) is 0 Å². The van der Waals surface area contributed by atoms with Gasteiger partial charge in [0.15, 0.2) is 10.8 Å². The van der Waals surface area contributed by atoms with Gasteiger partial charge in [0.25, 0.3) is 0 Å². The lowest BCUT2D eigenvalue weighted by molar-refractivity contribution is -0.113. The van der Waals surface area contributed by atoms with E-state index >= 15 is 0 Å². The van der Waals surface area contributed by atoms with E-state index in [-0.39, 0.29) is 11.7 Å². The number of hydrogen-bond donors (Lipinski definition) is 2. The molecule has 0 saturated heterocycles. The number of pyridine rings is 1. The molecule has 0 fully saturated rings. The molecule has 3 aromatic rings. The van der Waals surface area contributed by atoms with Gasteiger partial charge in [0.2, 0.25) is 5.91 Å². The third kappa shape index (κ3) is 4.41. The molecule has 3 rings (SSSR count). The van der Waals surface area contributed by atoms with Gasteiger partial charge in [-0.05, 0) is 52.5 Å². The lowest BCUT2D eigenvalue weighted by Crippen LogP contribution is -2.14. The van der Waals surface area contributed by atoms with Gasteiger partial charge >= 0.3 is 0 Å². The lowest BCUT2D eigenvalue weighted by atomic mass is 10.0. The van der Waals surface area contributed by atoms with Gasteiger partial charge in [-0.1, -0.05) is 37.7 Å². The third-order valence-electron chi connectivity index (χ3n) is 3.78. The Labute approximate surface area is 159 Å². The predicted octanol–water partition coefficient (Wildman–Crippen LogP) is 4.88. The second-order valence-corrected chi connectivity index (χ2v) is 7.90. The molecular formula is C18H19BrN4OS. The number of carbonyl (C=O) groups excluding carboxylic acids is 1. The number of carbonyl (C=O) groups is 1. The quantitative estimate of drug-likeness (QED) is 0.578. The van der Waals surface area contributed by atoms with E-state index in [9.17, 15) is 4.79 Å². The van der Waals surface area contributed by atoms with Gasteiger partial charge in [-0.25, -0.2) is 9.97 Å². The van der Waals surface area contributed by atoms with Crippen LogP contribution in [0.25, 0.3) is 11.2 Å². The molecule has 25 heavy (non-hydrogen) atoms. The van der Waals surface area contributed by atoms with Crippen molar-refractivity contribution >= 4 is 50.5 Å². The monoisotopic (exact) mass is 418 g/mol. The molecule has 130 valence electrons. The SMILES string of the molecule is Cc1nc2nc(SCC(=O)Nc3ccc(C(C)C)cc3)[nH]c2cc1Br. The van der Waals surface area contributed by atoms with Gasteiger partial charge in [-0.2, -0.15) is 0 Å². The molecule has 0 atom stereocenters. The van der Waals surface area contributed by atoms with Crippen molar-refractivity contribution in [2.75, 3.05) is 11.1 Å². The van der Waals surface area contributed by atoms with Gasteiger partial charge < -0.3 is 10.3 Å². The highest BCUT2D eigenvalue weighted by atomic mass is 79.9. The molecule has 5 nitrogen and oxygen atoms in total. The smallest absolute Gasteiger partial charge is 0.234 e. The second kappa shape index (κ2) is 7.58. The van der Waals surface area contributed by atoms with E-state index in [4.69, 9.17) is 0 Å². The van der Waals surface area contributed by atoms with E-state index in [1.807, 2.05) is 37.3 Å². The van der Waals surface area contributed by atoms with Crippen LogP contribution in [0.4, 0.5) is 5.69 Å². The Morgan fingerprint density at radius 1 is 1.28 bits per heavy atom. The standard InChI is InChI=1S/C18H19BrN4OS/c1-10(2)12-4-6-13(7-5-12)21-16(24)9-25-18-22-15-8-14(19)11(3)20-17(15)23-18/h4-8,10H,9H2,1-3H3,(H,21,24)(H,20,22,23). The van der Waals surface area contributed by atoms with Crippen LogP contribution in [0, 0.1) is 6.92 Å². The zero-order valence-corrected chi connectivity index (χ0v) is 16.7. The number of amides is 1. The number of aromatic amines is 1. The summed E-state index contributed by atoms with van der Waals surface area (Å²) < 4.78 is 0.933. The fourth-order valence-electron chi connectivity index (χ4n) is 2.34. The van der Waals surface area contributed by atoms with Crippen LogP contribution >= 0.6 is 27.7 Å². The summed E-state index contributed by atoms with van der Waals surface area (Å²) in [6.45, 7) is 6.21. The zero-order valence-electron chi connectivity index (χ0n) is 14.3. The zero-order chi connectivity index (χ0) is 18.0. The van der Waals surface area contributed by atoms with E-state index in [0.29, 0.717) is 16.7 Å². The maximum Gasteiger partial charge on any atom is 0.234 e. The third-order valence-corrected chi connectivity index (χ3v) is 5.46. The molecule has 2 heterocycles. The van der Waals surface area contributed by atoms with E-state index in [1.54, 1.807) is 0 Å². The first-order chi connectivity index (χ1) is 11.9. The average Bonchev–Trinajstić information content (AvgIpc) is 2.95. The summed E-state index contributed by atoms with van der Waals surface area (Å²) in [6, 6.07) is 9.90. The number of thioether (sulfide) groups is 1. The fraction of sp³-hybridized carbons (Fsp3) is 0.278. The molecule has 0 radical (unpaired) electrons. The number of imidazole rings is 1. The Balaban J connectivity index is 1.60. The van der Waals surface area contributed by atoms with Gasteiger partial charge in [0.05, 0.1) is 17.0 Å². The number of nitrogens with one attached hydrogen (secondary N) is 2. The summed E-state index contributed by atoms with van der Waals surface area (Å²) in [5.74, 6) is 0.699. The summed E-state index contributed by atoms with van der Waals surface area (Å²) in [5.41, 5.74) is 4.46. The molecule has 0 unspecified atom stereocenters. The van der Waals surface area contributed by atoms with E-state index in [0.717, 1.165) is 21.4 Å². The Morgan fingerprint density at radius 2 is 2.00 bits per heavy atom. The molecule has 0 aliphatic rings. The maximum absolute atomic E-state index is 12.1. The van der Waals surface area contributed by atoms with Crippen molar-refractivity contribution in [2.45, 2.75) is 31.8 Å². The molecular weight excluding hydrogens is 400 g/mol. The molecule has 2 N–H and O–H groups in total. The number of halogens is 1. The minimum absolute atomic E-state index is 0.0620. The number of aryl methyl sites for hydroxylation is 1. The summed E-state index contributed by atoms with van der Waals surface area (Å²) in [6.07, 6.45) is 0. The summed E-state index contributed by atoms with van der Waals surface area (Å²) in [5, 5.41) is 3.59. The molecule has 0 aliphatic carbocycles.